The van der Waals surface area contributed by atoms with Crippen molar-refractivity contribution in [3.8, 4) is 5.75 Å². The molecule has 0 amide bonds. The van der Waals surface area contributed by atoms with E-state index in [2.05, 4.69) is 130 Å². The van der Waals surface area contributed by atoms with Crippen molar-refractivity contribution in [1.29, 1.82) is 0 Å². The Bertz CT molecular complexity index is 4110. The van der Waals surface area contributed by atoms with Crippen LogP contribution in [0.4, 0.5) is 0 Å². The van der Waals surface area contributed by atoms with Gasteiger partial charge >= 0.3 is 54.0 Å². The van der Waals surface area contributed by atoms with Crippen LogP contribution in [0, 0.1) is 40.2 Å². The molecule has 0 saturated carbocycles. The van der Waals surface area contributed by atoms with Crippen molar-refractivity contribution >= 4 is 60.4 Å². The monoisotopic (exact) mass is 1670 g/mol. The van der Waals surface area contributed by atoms with E-state index in [1.54, 1.807) is 94.8 Å². The van der Waals surface area contributed by atoms with Gasteiger partial charge in [0, 0.05) is 64.5 Å². The second kappa shape index (κ2) is 43.7. The molecule has 102 heavy (non-hydrogen) atoms. The predicted molar refractivity (Wildman–Crippen MR) is 429 cm³/mol. The van der Waals surface area contributed by atoms with Gasteiger partial charge in [-0.2, -0.15) is 29.8 Å². The molecule has 9 aromatic carbocycles. The molecule has 1 unspecified atom stereocenters. The summed E-state index contributed by atoms with van der Waals surface area (Å²) < 4.78 is 64.3. The van der Waals surface area contributed by atoms with Gasteiger partial charge in [-0.15, -0.1) is 5.56 Å². The number of sulfonamides is 1. The molecule has 19 heteroatoms. The number of sulfone groups is 1. The zero-order valence-electron chi connectivity index (χ0n) is 60.9. The fourth-order valence-corrected chi connectivity index (χ4v) is 17.7. The van der Waals surface area contributed by atoms with E-state index in [0.717, 1.165) is 50.4 Å². The molecule has 0 saturated heterocycles. The van der Waals surface area contributed by atoms with Gasteiger partial charge in [-0.3, -0.25) is 0 Å². The third-order valence-electron chi connectivity index (χ3n) is 18.6. The topological polar surface area (TPSA) is 183 Å². The molecule has 0 spiro atoms. The molecule has 2 aliphatic rings. The number of rotatable bonds is 22. The van der Waals surface area contributed by atoms with Crippen molar-refractivity contribution in [1.82, 2.24) is 5.32 Å². The fourth-order valence-electron chi connectivity index (χ4n) is 13.0. The molecular weight excluding hydrogens is 1560 g/mol. The van der Waals surface area contributed by atoms with E-state index >= 15 is 0 Å². The summed E-state index contributed by atoms with van der Waals surface area (Å²) in [4.78, 5) is 0.565. The summed E-state index contributed by atoms with van der Waals surface area (Å²) in [5.41, 5.74) is 32.2. The van der Waals surface area contributed by atoms with E-state index in [4.69, 9.17) is 20.9 Å². The van der Waals surface area contributed by atoms with Crippen molar-refractivity contribution in [2.24, 2.45) is 11.7 Å². The number of halogens is 2. The van der Waals surface area contributed by atoms with Gasteiger partial charge in [0.25, 0.3) is 0 Å². The van der Waals surface area contributed by atoms with Gasteiger partial charge in [0.05, 0.1) is 49.5 Å². The second-order valence-electron chi connectivity index (χ2n) is 26.6. The molecule has 6 atom stereocenters. The molecule has 0 radical (unpaired) electrons. The molecule has 0 aromatic heterocycles. The van der Waals surface area contributed by atoms with Crippen LogP contribution in [-0.4, -0.2) is 86.8 Å². The molecule has 0 aliphatic heterocycles. The van der Waals surface area contributed by atoms with Crippen LogP contribution in [0.1, 0.15) is 130 Å². The molecule has 0 bridgehead atoms. The average Bonchev–Trinajstić information content (AvgIpc) is 0.750. The van der Waals surface area contributed by atoms with Gasteiger partial charge in [0.1, 0.15) is 15.8 Å². The number of ether oxygens (including phenoxy) is 2. The second-order valence-corrected chi connectivity index (χ2v) is 35.6. The van der Waals surface area contributed by atoms with Crippen molar-refractivity contribution < 1.29 is 67.5 Å². The summed E-state index contributed by atoms with van der Waals surface area (Å²) in [6, 6.07) is 70.2. The number of aliphatic hydroxyl groups is 1. The van der Waals surface area contributed by atoms with Crippen molar-refractivity contribution in [3.05, 3.63) is 314 Å². The number of aliphatic hydroxyl groups excluding tert-OH is 1. The third kappa shape index (κ3) is 24.9. The number of aryl methyl sites for hydroxylation is 5. The van der Waals surface area contributed by atoms with Crippen LogP contribution in [0.5, 0.6) is 5.75 Å². The van der Waals surface area contributed by atoms with Crippen LogP contribution in [-0.2, 0) is 97.2 Å². The molecular formula is C83H106Cl2N4O7P2Ru2S2+4. The van der Waals surface area contributed by atoms with Crippen molar-refractivity contribution in [3.63, 3.8) is 0 Å². The van der Waals surface area contributed by atoms with Gasteiger partial charge < -0.3 is 43.5 Å². The molecule has 9 aromatic rings. The number of benzene rings is 9. The number of nitrogens with zero attached hydrogens (tertiary/aromatic N) is 1. The van der Waals surface area contributed by atoms with Crippen LogP contribution < -0.4 is 21.1 Å². The van der Waals surface area contributed by atoms with E-state index in [0.29, 0.717) is 36.1 Å². The Morgan fingerprint density at radius 1 is 0.686 bits per heavy atom. The molecule has 2 aliphatic carbocycles. The Balaban J connectivity index is 0.000000301. The first kappa shape index (κ1) is 87.8. The molecule has 548 valence electrons. The summed E-state index contributed by atoms with van der Waals surface area (Å²) in [7, 11) is 3.05. The standard InChI is InChI=1S/C31H33N2O3S.C24H32P2.C19H24N2O2.C8H10O2S.CH3.2ClH.2Ru.H2/c1-24-13-17-26(18-14-24)23-36-22-21-32-30(27-9-5-3-6-10-27)31(28-11-7-4-8-12-28)33-37(34,35)29-19-15-25(2)16-20-29;1-25(2)21-15-13-17-9-5-7-11-19(17)23(21)24-20-12-8-6-10-18(20)14-16-22(24)26(3)4;1-13(2)18(20)19(21,15-6-4-14(12-22)5-7-15)16-8-10-17(23-3)11-9-16;1-7-3-5-8(6-4-7)11(2,9)10;;;;;;/h3-20,30-32H,21-23H2,1-2H3;5,7,9,11,14,16,21,23H,6,8,10,12-13,15H2,1-4H3;4-6,8-11,13,18,21-22H,12,20H2,1-3H3;3-6H,1-2H3;1H3;2*1H;;;1H/q-1;;-2;;-1;;;2*+4;/t30-,31-;21-,23+;18-,19?;;;;;;;/m111......./s1. The first-order chi connectivity index (χ1) is 48.4. The van der Waals surface area contributed by atoms with Crippen LogP contribution in [0.3, 0.4) is 0 Å². The maximum Gasteiger partial charge on any atom is 0 e. The van der Waals surface area contributed by atoms with Gasteiger partial charge in [0.15, 0.2) is 9.84 Å². The maximum absolute atomic E-state index is 13.4. The minimum atomic E-state index is -3.90. The Morgan fingerprint density at radius 3 is 1.75 bits per heavy atom. The zero-order chi connectivity index (χ0) is 73.9. The van der Waals surface area contributed by atoms with Gasteiger partial charge in [0.2, 0.25) is 0 Å². The maximum atomic E-state index is 13.4. The SMILES string of the molecule is COc1ccc(C([NH-])(c2[c-]cc(CO)cc2)[C@H](N)C(C)C)cc1.C[PH+](C)c1ccc2c(c1[C@H]1c3ccccc3CC[C@H]1[PH+](C)C)CCCC2.Cc1ccc(COCCN[C@H](c2ccccc2)[C@H]([N-]S(=O)(=O)c2ccc(C)cc2)c2ccccc2)cc1.Cc1ccc(S(C)(=O)=O)cc1.[CH3-].[Cl][Ru+3].[Cl][Ru+3].[HH]. The number of hydrogen-bond acceptors (Lipinski definition) is 9. The normalized spacial score (nSPS) is 15.3. The van der Waals surface area contributed by atoms with E-state index < -0.39 is 45.4 Å². The number of methoxy groups -OCH3 is 1. The van der Waals surface area contributed by atoms with E-state index in [-0.39, 0.29) is 40.2 Å². The summed E-state index contributed by atoms with van der Waals surface area (Å²) in [6.07, 6.45) is 9.26. The summed E-state index contributed by atoms with van der Waals surface area (Å²) in [6.45, 7) is 21.5. The Morgan fingerprint density at radius 2 is 1.23 bits per heavy atom. The van der Waals surface area contributed by atoms with Crippen LogP contribution in [0.2, 0.25) is 0 Å². The molecule has 0 heterocycles. The van der Waals surface area contributed by atoms with Crippen molar-refractivity contribution in [2.75, 3.05) is 53.2 Å². The molecule has 5 N–H and O–H groups in total. The van der Waals surface area contributed by atoms with Gasteiger partial charge in [-0.25, -0.2) is 16.8 Å². The minimum absolute atomic E-state index is 0. The predicted octanol–water partition coefficient (Wildman–Crippen LogP) is 19.0. The van der Waals surface area contributed by atoms with Crippen LogP contribution in [0.25, 0.3) is 10.5 Å². The zero-order valence-corrected chi connectivity index (χ0v) is 69.6. The van der Waals surface area contributed by atoms with Crippen LogP contribution in [0.15, 0.2) is 222 Å². The quantitative estimate of drug-likeness (QED) is 0.0257. The molecule has 11 nitrogen and oxygen atoms in total. The van der Waals surface area contributed by atoms with E-state index in [9.17, 15) is 21.9 Å². The third-order valence-corrected chi connectivity index (χ3v) is 24.7. The summed E-state index contributed by atoms with van der Waals surface area (Å²) in [5.74, 6) is 1.53. The van der Waals surface area contributed by atoms with Crippen LogP contribution >= 0.6 is 35.2 Å². The van der Waals surface area contributed by atoms with E-state index in [1.165, 1.54) is 50.3 Å². The number of nitrogens with two attached hydrogens (primary N) is 1. The first-order valence-electron chi connectivity index (χ1n) is 34.1. The Kier molecular flexibility index (Phi) is 37.6. The number of nitrogens with one attached hydrogen (secondary N) is 2. The largest absolute Gasteiger partial charge is 0 e. The first-order valence-corrected chi connectivity index (χ1v) is 47.0. The number of fused-ring (bicyclic) bond motifs is 2. The minimum Gasteiger partial charge on any atom is 0 e. The molecule has 11 rings (SSSR count). The van der Waals surface area contributed by atoms with Gasteiger partial charge in [-0.1, -0.05) is 205 Å². The number of hydrogen-bond donors (Lipinski definition) is 3. The van der Waals surface area contributed by atoms with E-state index in [1.807, 2.05) is 159 Å². The molecule has 0 fully saturated rings. The van der Waals surface area contributed by atoms with Crippen molar-refractivity contribution in [2.45, 2.75) is 131 Å². The fraction of sp³-hybridized carbons (Fsp3) is 0.337. The van der Waals surface area contributed by atoms with Gasteiger partial charge in [-0.05, 0) is 155 Å². The summed E-state index contributed by atoms with van der Waals surface area (Å²) >= 11 is 3.64. The Hall–Kier alpha value is -4.87. The Labute approximate surface area is 643 Å². The average molecular weight is 1670 g/mol. The summed E-state index contributed by atoms with van der Waals surface area (Å²) in [5, 5.41) is 14.5. The smallest absolute Gasteiger partial charge is 0 e.